The van der Waals surface area contributed by atoms with E-state index in [4.69, 9.17) is 9.84 Å². The van der Waals surface area contributed by atoms with Crippen molar-refractivity contribution in [2.75, 3.05) is 6.61 Å². The van der Waals surface area contributed by atoms with Crippen LogP contribution in [0.3, 0.4) is 0 Å². The first-order chi connectivity index (χ1) is 6.33. The largest absolute Gasteiger partial charge is 0.508 e. The summed E-state index contributed by atoms with van der Waals surface area (Å²) in [5.74, 6) is 0.303. The number of unbranched alkanes of at least 4 members (excludes halogenated alkanes) is 1. The molecule has 2 heteroatoms. The van der Waals surface area contributed by atoms with Gasteiger partial charge in [-0.1, -0.05) is 25.5 Å². The van der Waals surface area contributed by atoms with E-state index in [9.17, 15) is 0 Å². The molecule has 0 saturated heterocycles. The predicted octanol–water partition coefficient (Wildman–Crippen LogP) is 2.71. The molecule has 1 rings (SSSR count). The molecule has 0 unspecified atom stereocenters. The van der Waals surface area contributed by atoms with Crippen molar-refractivity contribution < 1.29 is 9.84 Å². The highest BCUT2D eigenvalue weighted by Crippen LogP contribution is 2.10. The minimum atomic E-state index is 0.303. The maximum Gasteiger partial charge on any atom is 0.115 e. The van der Waals surface area contributed by atoms with Gasteiger partial charge < -0.3 is 9.84 Å². The van der Waals surface area contributed by atoms with E-state index in [2.05, 4.69) is 6.92 Å². The van der Waals surface area contributed by atoms with Crippen molar-refractivity contribution in [2.24, 2.45) is 0 Å². The molecule has 0 aliphatic rings. The average molecular weight is 180 g/mol. The van der Waals surface area contributed by atoms with E-state index in [-0.39, 0.29) is 0 Å². The summed E-state index contributed by atoms with van der Waals surface area (Å²) in [4.78, 5) is 0. The van der Waals surface area contributed by atoms with E-state index < -0.39 is 0 Å². The number of aromatic hydroxyl groups is 1. The lowest BCUT2D eigenvalue weighted by Gasteiger charge is -2.02. The van der Waals surface area contributed by atoms with Crippen molar-refractivity contribution in [1.29, 1.82) is 0 Å². The molecule has 0 aliphatic heterocycles. The van der Waals surface area contributed by atoms with Crippen LogP contribution in [-0.2, 0) is 11.3 Å². The SMILES string of the molecule is CCCCOCc1ccc(O)cc1. The van der Waals surface area contributed by atoms with Crippen LogP contribution >= 0.6 is 0 Å². The third-order valence-electron chi connectivity index (χ3n) is 1.85. The molecule has 0 aliphatic carbocycles. The van der Waals surface area contributed by atoms with Crippen molar-refractivity contribution in [3.63, 3.8) is 0 Å². The van der Waals surface area contributed by atoms with Crippen LogP contribution in [0.25, 0.3) is 0 Å². The minimum absolute atomic E-state index is 0.303. The maximum atomic E-state index is 9.03. The number of phenols is 1. The zero-order chi connectivity index (χ0) is 9.52. The molecule has 0 aromatic heterocycles. The van der Waals surface area contributed by atoms with Gasteiger partial charge in [-0.3, -0.25) is 0 Å². The fourth-order valence-electron chi connectivity index (χ4n) is 1.03. The van der Waals surface area contributed by atoms with E-state index in [0.717, 1.165) is 25.0 Å². The summed E-state index contributed by atoms with van der Waals surface area (Å²) in [6, 6.07) is 7.11. The molecular formula is C11H16O2. The van der Waals surface area contributed by atoms with Gasteiger partial charge in [0.05, 0.1) is 6.61 Å². The van der Waals surface area contributed by atoms with Crippen LogP contribution in [0.1, 0.15) is 25.3 Å². The van der Waals surface area contributed by atoms with Crippen LogP contribution in [0.5, 0.6) is 5.75 Å². The molecule has 1 N–H and O–H groups in total. The van der Waals surface area contributed by atoms with E-state index in [1.165, 1.54) is 0 Å². The maximum absolute atomic E-state index is 9.03. The molecule has 2 nitrogen and oxygen atoms in total. The Kier molecular flexibility index (Phi) is 4.33. The Balaban J connectivity index is 2.25. The second kappa shape index (κ2) is 5.60. The number of phenolic OH excluding ortho intramolecular Hbond substituents is 1. The minimum Gasteiger partial charge on any atom is -0.508 e. The Hall–Kier alpha value is -1.02. The van der Waals surface area contributed by atoms with Crippen LogP contribution in [0.2, 0.25) is 0 Å². The molecule has 0 spiro atoms. The van der Waals surface area contributed by atoms with Gasteiger partial charge in [0, 0.05) is 6.61 Å². The van der Waals surface area contributed by atoms with Gasteiger partial charge in [-0.15, -0.1) is 0 Å². The number of rotatable bonds is 5. The molecule has 0 radical (unpaired) electrons. The van der Waals surface area contributed by atoms with Gasteiger partial charge in [0.25, 0.3) is 0 Å². The van der Waals surface area contributed by atoms with Crippen LogP contribution in [0, 0.1) is 0 Å². The summed E-state index contributed by atoms with van der Waals surface area (Å²) >= 11 is 0. The number of ether oxygens (including phenoxy) is 1. The standard InChI is InChI=1S/C11H16O2/c1-2-3-8-13-9-10-4-6-11(12)7-5-10/h4-7,12H,2-3,8-9H2,1H3. The number of hydrogen-bond donors (Lipinski definition) is 1. The van der Waals surface area contributed by atoms with Crippen molar-refractivity contribution in [1.82, 2.24) is 0 Å². The van der Waals surface area contributed by atoms with E-state index in [0.29, 0.717) is 12.4 Å². The van der Waals surface area contributed by atoms with Crippen molar-refractivity contribution in [3.05, 3.63) is 29.8 Å². The van der Waals surface area contributed by atoms with Crippen molar-refractivity contribution in [2.45, 2.75) is 26.4 Å². The average Bonchev–Trinajstić information content (AvgIpc) is 2.15. The predicted molar refractivity (Wildman–Crippen MR) is 52.7 cm³/mol. The zero-order valence-electron chi connectivity index (χ0n) is 7.99. The zero-order valence-corrected chi connectivity index (χ0v) is 7.99. The van der Waals surface area contributed by atoms with Crippen LogP contribution in [0.15, 0.2) is 24.3 Å². The normalized spacial score (nSPS) is 10.2. The van der Waals surface area contributed by atoms with E-state index in [1.54, 1.807) is 12.1 Å². The van der Waals surface area contributed by atoms with Crippen molar-refractivity contribution in [3.8, 4) is 5.75 Å². The quantitative estimate of drug-likeness (QED) is 0.706. The van der Waals surface area contributed by atoms with Gasteiger partial charge in [0.1, 0.15) is 5.75 Å². The van der Waals surface area contributed by atoms with E-state index in [1.807, 2.05) is 12.1 Å². The fraction of sp³-hybridized carbons (Fsp3) is 0.455. The lowest BCUT2D eigenvalue weighted by atomic mass is 10.2. The summed E-state index contributed by atoms with van der Waals surface area (Å²) in [5, 5.41) is 9.03. The van der Waals surface area contributed by atoms with Crippen molar-refractivity contribution >= 4 is 0 Å². The lowest BCUT2D eigenvalue weighted by Crippen LogP contribution is -1.94. The smallest absolute Gasteiger partial charge is 0.115 e. The first-order valence-electron chi connectivity index (χ1n) is 4.68. The Morgan fingerprint density at radius 1 is 1.23 bits per heavy atom. The molecule has 0 atom stereocenters. The van der Waals surface area contributed by atoms with Crippen LogP contribution in [0.4, 0.5) is 0 Å². The highest BCUT2D eigenvalue weighted by Gasteiger charge is 1.92. The molecule has 1 aromatic carbocycles. The third kappa shape index (κ3) is 3.95. The van der Waals surface area contributed by atoms with Gasteiger partial charge in [0.15, 0.2) is 0 Å². The van der Waals surface area contributed by atoms with Gasteiger partial charge in [-0.05, 0) is 24.1 Å². The monoisotopic (exact) mass is 180 g/mol. The van der Waals surface area contributed by atoms with Crippen LogP contribution in [-0.4, -0.2) is 11.7 Å². The van der Waals surface area contributed by atoms with Gasteiger partial charge in [-0.25, -0.2) is 0 Å². The van der Waals surface area contributed by atoms with Gasteiger partial charge >= 0.3 is 0 Å². The molecule has 72 valence electrons. The fourth-order valence-corrected chi connectivity index (χ4v) is 1.03. The summed E-state index contributed by atoms with van der Waals surface area (Å²) in [6.45, 7) is 3.60. The number of benzene rings is 1. The summed E-state index contributed by atoms with van der Waals surface area (Å²) in [5.41, 5.74) is 1.11. The Morgan fingerprint density at radius 2 is 1.92 bits per heavy atom. The second-order valence-corrected chi connectivity index (χ2v) is 3.07. The van der Waals surface area contributed by atoms with Crippen LogP contribution < -0.4 is 0 Å². The molecule has 0 fully saturated rings. The molecule has 13 heavy (non-hydrogen) atoms. The Labute approximate surface area is 79.2 Å². The Bertz CT molecular complexity index is 228. The molecular weight excluding hydrogens is 164 g/mol. The summed E-state index contributed by atoms with van der Waals surface area (Å²) in [6.07, 6.45) is 2.27. The first-order valence-corrected chi connectivity index (χ1v) is 4.68. The third-order valence-corrected chi connectivity index (χ3v) is 1.85. The summed E-state index contributed by atoms with van der Waals surface area (Å²) < 4.78 is 5.42. The summed E-state index contributed by atoms with van der Waals surface area (Å²) in [7, 11) is 0. The highest BCUT2D eigenvalue weighted by molar-refractivity contribution is 5.25. The van der Waals surface area contributed by atoms with E-state index >= 15 is 0 Å². The molecule has 1 aromatic rings. The Morgan fingerprint density at radius 3 is 2.54 bits per heavy atom. The van der Waals surface area contributed by atoms with Gasteiger partial charge in [0.2, 0.25) is 0 Å². The van der Waals surface area contributed by atoms with Gasteiger partial charge in [-0.2, -0.15) is 0 Å². The molecule has 0 saturated carbocycles. The molecule has 0 amide bonds. The molecule has 0 bridgehead atoms. The topological polar surface area (TPSA) is 29.5 Å². The molecule has 0 heterocycles. The lowest BCUT2D eigenvalue weighted by molar-refractivity contribution is 0.118. The second-order valence-electron chi connectivity index (χ2n) is 3.07. The first kappa shape index (κ1) is 10.1. The highest BCUT2D eigenvalue weighted by atomic mass is 16.5. The number of hydrogen-bond acceptors (Lipinski definition) is 2.